The van der Waals surface area contributed by atoms with E-state index in [0.717, 1.165) is 17.0 Å². The van der Waals surface area contributed by atoms with Crippen molar-refractivity contribution in [3.8, 4) is 0 Å². The van der Waals surface area contributed by atoms with Gasteiger partial charge in [-0.2, -0.15) is 0 Å². The lowest BCUT2D eigenvalue weighted by Gasteiger charge is -2.28. The highest BCUT2D eigenvalue weighted by atomic mass is 35.5. The second-order valence-electron chi connectivity index (χ2n) is 7.38. The number of hydrogen-bond donors (Lipinski definition) is 0. The van der Waals surface area contributed by atoms with Crippen LogP contribution in [0.2, 0.25) is 5.15 Å². The highest BCUT2D eigenvalue weighted by Gasteiger charge is 2.23. The van der Waals surface area contributed by atoms with Crippen molar-refractivity contribution in [2.75, 3.05) is 6.61 Å². The molecule has 2 aromatic heterocycles. The molecule has 0 radical (unpaired) electrons. The van der Waals surface area contributed by atoms with E-state index < -0.39 is 0 Å². The van der Waals surface area contributed by atoms with Crippen LogP contribution in [-0.2, 0) is 9.53 Å². The number of imidazole rings is 1. The first kappa shape index (κ1) is 19.9. The lowest BCUT2D eigenvalue weighted by Crippen LogP contribution is -2.23. The van der Waals surface area contributed by atoms with Gasteiger partial charge in [0.05, 0.1) is 5.60 Å². The number of carbonyl (C=O) groups is 1. The van der Waals surface area contributed by atoms with Crippen molar-refractivity contribution in [1.82, 2.24) is 14.5 Å². The SMILES string of the molecule is CCC(=O)COC(C)(C)C.Cc1nc2ccc(Cl)nc2n1C1CCC1. The van der Waals surface area contributed by atoms with Crippen LogP contribution >= 0.6 is 11.6 Å². The molecule has 0 spiro atoms. The van der Waals surface area contributed by atoms with Crippen molar-refractivity contribution in [3.05, 3.63) is 23.1 Å². The number of hydrogen-bond acceptors (Lipinski definition) is 4. The molecule has 1 aliphatic carbocycles. The number of halogens is 1. The Morgan fingerprint density at radius 1 is 1.32 bits per heavy atom. The summed E-state index contributed by atoms with van der Waals surface area (Å²) in [6.45, 7) is 9.95. The molecule has 1 aliphatic rings. The Morgan fingerprint density at radius 3 is 2.52 bits per heavy atom. The van der Waals surface area contributed by atoms with Crippen molar-refractivity contribution < 1.29 is 9.53 Å². The number of rotatable bonds is 4. The Morgan fingerprint density at radius 2 is 2.00 bits per heavy atom. The van der Waals surface area contributed by atoms with E-state index in [1.54, 1.807) is 6.07 Å². The molecule has 0 amide bonds. The number of ketones is 1. The normalized spacial score (nSPS) is 14.8. The Bertz CT molecular complexity index is 730. The van der Waals surface area contributed by atoms with E-state index in [0.29, 0.717) is 17.6 Å². The molecule has 1 fully saturated rings. The van der Waals surface area contributed by atoms with Gasteiger partial charge < -0.3 is 9.30 Å². The maximum atomic E-state index is 10.7. The minimum atomic E-state index is -0.190. The molecule has 6 heteroatoms. The maximum absolute atomic E-state index is 10.7. The van der Waals surface area contributed by atoms with Gasteiger partial charge in [0.25, 0.3) is 0 Å². The third-order valence-corrected chi connectivity index (χ3v) is 4.39. The molecule has 1 saturated carbocycles. The minimum Gasteiger partial charge on any atom is -0.368 e. The second kappa shape index (κ2) is 8.28. The topological polar surface area (TPSA) is 57.0 Å². The maximum Gasteiger partial charge on any atom is 0.161 e. The molecule has 0 aromatic carbocycles. The van der Waals surface area contributed by atoms with E-state index in [9.17, 15) is 4.79 Å². The van der Waals surface area contributed by atoms with Gasteiger partial charge >= 0.3 is 0 Å². The average Bonchev–Trinajstić information content (AvgIpc) is 2.79. The van der Waals surface area contributed by atoms with E-state index in [1.165, 1.54) is 19.3 Å². The van der Waals surface area contributed by atoms with E-state index in [4.69, 9.17) is 16.3 Å². The molecule has 0 N–H and O–H groups in total. The van der Waals surface area contributed by atoms with Crippen LogP contribution in [0, 0.1) is 6.92 Å². The van der Waals surface area contributed by atoms with Crippen LogP contribution in [0.4, 0.5) is 0 Å². The standard InChI is InChI=1S/C11H12ClN3.C8H16O2/c1-7-13-9-5-6-10(12)14-11(9)15(7)8-3-2-4-8;1-5-7(9)6-10-8(2,3)4/h5-6,8H,2-4H2,1H3;5-6H2,1-4H3. The summed E-state index contributed by atoms with van der Waals surface area (Å²) in [7, 11) is 0. The van der Waals surface area contributed by atoms with Crippen LogP contribution < -0.4 is 0 Å². The van der Waals surface area contributed by atoms with Gasteiger partial charge in [0.1, 0.15) is 23.1 Å². The number of nitrogens with zero attached hydrogens (tertiary/aromatic N) is 3. The first-order valence-electron chi connectivity index (χ1n) is 8.88. The predicted molar refractivity (Wildman–Crippen MR) is 101 cm³/mol. The molecule has 0 unspecified atom stereocenters. The van der Waals surface area contributed by atoms with Crippen LogP contribution in [0.3, 0.4) is 0 Å². The molecule has 25 heavy (non-hydrogen) atoms. The van der Waals surface area contributed by atoms with Gasteiger partial charge in [-0.15, -0.1) is 0 Å². The molecule has 138 valence electrons. The zero-order valence-corrected chi connectivity index (χ0v) is 16.6. The third kappa shape index (κ3) is 5.51. The fourth-order valence-electron chi connectivity index (χ4n) is 2.55. The summed E-state index contributed by atoms with van der Waals surface area (Å²) >= 11 is 5.91. The Labute approximate surface area is 154 Å². The minimum absolute atomic E-state index is 0.162. The zero-order valence-electron chi connectivity index (χ0n) is 15.8. The summed E-state index contributed by atoms with van der Waals surface area (Å²) in [5.74, 6) is 1.21. The van der Waals surface area contributed by atoms with Crippen molar-refractivity contribution in [2.24, 2.45) is 0 Å². The summed E-state index contributed by atoms with van der Waals surface area (Å²) < 4.78 is 7.46. The molecule has 5 nitrogen and oxygen atoms in total. The van der Waals surface area contributed by atoms with Gasteiger partial charge in [-0.05, 0) is 59.1 Å². The largest absolute Gasteiger partial charge is 0.368 e. The van der Waals surface area contributed by atoms with E-state index in [1.807, 2.05) is 40.7 Å². The molecule has 2 aromatic rings. The van der Waals surface area contributed by atoms with Gasteiger partial charge in [0, 0.05) is 12.5 Å². The lowest BCUT2D eigenvalue weighted by molar-refractivity contribution is -0.128. The highest BCUT2D eigenvalue weighted by Crippen LogP contribution is 2.35. The summed E-state index contributed by atoms with van der Waals surface area (Å²) in [5.41, 5.74) is 1.69. The van der Waals surface area contributed by atoms with Crippen LogP contribution in [0.25, 0.3) is 11.2 Å². The molecule has 0 atom stereocenters. The molecule has 3 rings (SSSR count). The van der Waals surface area contributed by atoms with Gasteiger partial charge in [0.15, 0.2) is 11.4 Å². The first-order chi connectivity index (χ1) is 11.7. The number of aryl methyl sites for hydroxylation is 1. The number of ether oxygens (including phenoxy) is 1. The lowest BCUT2D eigenvalue weighted by atomic mass is 9.93. The number of fused-ring (bicyclic) bond motifs is 1. The predicted octanol–water partition coefficient (Wildman–Crippen LogP) is 4.90. The van der Waals surface area contributed by atoms with Gasteiger partial charge in [-0.1, -0.05) is 18.5 Å². The first-order valence-corrected chi connectivity index (χ1v) is 9.26. The van der Waals surface area contributed by atoms with Crippen molar-refractivity contribution in [2.45, 2.75) is 71.9 Å². The summed E-state index contributed by atoms with van der Waals surface area (Å²) in [6, 6.07) is 4.31. The average molecular weight is 366 g/mol. The van der Waals surface area contributed by atoms with Crippen LogP contribution in [0.1, 0.15) is 65.2 Å². The second-order valence-corrected chi connectivity index (χ2v) is 7.77. The molecule has 2 heterocycles. The zero-order chi connectivity index (χ0) is 18.6. The smallest absolute Gasteiger partial charge is 0.161 e. The number of pyridine rings is 1. The number of Topliss-reactive ketones (excluding diaryl/α,β-unsaturated/α-hetero) is 1. The monoisotopic (exact) mass is 365 g/mol. The van der Waals surface area contributed by atoms with Gasteiger partial charge in [-0.25, -0.2) is 9.97 Å². The summed E-state index contributed by atoms with van der Waals surface area (Å²) in [4.78, 5) is 19.6. The Balaban J connectivity index is 0.000000199. The highest BCUT2D eigenvalue weighted by molar-refractivity contribution is 6.29. The third-order valence-electron chi connectivity index (χ3n) is 4.18. The molecule has 0 saturated heterocycles. The van der Waals surface area contributed by atoms with Gasteiger partial charge in [-0.3, -0.25) is 4.79 Å². The van der Waals surface area contributed by atoms with Gasteiger partial charge in [0.2, 0.25) is 0 Å². The molecular formula is C19H28ClN3O2. The summed E-state index contributed by atoms with van der Waals surface area (Å²) in [6.07, 6.45) is 4.35. The Kier molecular flexibility index (Phi) is 6.58. The van der Waals surface area contributed by atoms with Crippen molar-refractivity contribution in [3.63, 3.8) is 0 Å². The molecule has 0 bridgehead atoms. The van der Waals surface area contributed by atoms with E-state index in [-0.39, 0.29) is 18.0 Å². The fourth-order valence-corrected chi connectivity index (χ4v) is 2.69. The number of carbonyl (C=O) groups excluding carboxylic acids is 1. The Hall–Kier alpha value is -1.46. The molecular weight excluding hydrogens is 338 g/mol. The van der Waals surface area contributed by atoms with Crippen LogP contribution in [0.15, 0.2) is 12.1 Å². The van der Waals surface area contributed by atoms with Crippen molar-refractivity contribution in [1.29, 1.82) is 0 Å². The summed E-state index contributed by atoms with van der Waals surface area (Å²) in [5, 5.41) is 0.544. The number of aromatic nitrogens is 3. The van der Waals surface area contributed by atoms with Crippen LogP contribution in [0.5, 0.6) is 0 Å². The van der Waals surface area contributed by atoms with E-state index in [2.05, 4.69) is 14.5 Å². The fraction of sp³-hybridized carbons (Fsp3) is 0.632. The molecule has 0 aliphatic heterocycles. The van der Waals surface area contributed by atoms with Crippen LogP contribution in [-0.4, -0.2) is 32.5 Å². The quantitative estimate of drug-likeness (QED) is 0.723. The van der Waals surface area contributed by atoms with Crippen molar-refractivity contribution >= 4 is 28.5 Å². The van der Waals surface area contributed by atoms with E-state index >= 15 is 0 Å².